The van der Waals surface area contributed by atoms with Crippen LogP contribution in [0.2, 0.25) is 0 Å². The number of aryl methyl sites for hydroxylation is 1. The predicted molar refractivity (Wildman–Crippen MR) is 152 cm³/mol. The summed E-state index contributed by atoms with van der Waals surface area (Å²) < 4.78 is 34.2. The molecule has 0 bridgehead atoms. The Hall–Kier alpha value is -2.68. The van der Waals surface area contributed by atoms with E-state index < -0.39 is 11.6 Å². The van der Waals surface area contributed by atoms with Gasteiger partial charge in [-0.05, 0) is 96.1 Å². The minimum atomic E-state index is -0.898. The van der Waals surface area contributed by atoms with Crippen molar-refractivity contribution in [2.75, 3.05) is 0 Å². The molecule has 3 aromatic rings. The summed E-state index contributed by atoms with van der Waals surface area (Å²) in [5.41, 5.74) is 5.17. The molecule has 4 unspecified atom stereocenters. The van der Waals surface area contributed by atoms with E-state index in [2.05, 4.69) is 43.3 Å². The Morgan fingerprint density at radius 2 is 1.39 bits per heavy atom. The molecule has 0 N–H and O–H groups in total. The maximum absolute atomic E-state index is 14.4. The average molecular weight is 517 g/mol. The van der Waals surface area contributed by atoms with E-state index in [1.165, 1.54) is 68.6 Å². The third-order valence-electron chi connectivity index (χ3n) is 9.13. The fourth-order valence-electron chi connectivity index (χ4n) is 7.01. The van der Waals surface area contributed by atoms with Gasteiger partial charge in [-0.25, -0.2) is 4.39 Å². The number of halogens is 2. The van der Waals surface area contributed by atoms with Crippen LogP contribution in [0.1, 0.15) is 94.2 Å². The largest absolute Gasteiger partial charge is 0.486 e. The second-order valence-electron chi connectivity index (χ2n) is 11.7. The molecule has 2 aliphatic carbocycles. The Morgan fingerprint density at radius 3 is 2.11 bits per heavy atom. The van der Waals surface area contributed by atoms with E-state index in [-0.39, 0.29) is 12.4 Å². The highest BCUT2D eigenvalue weighted by atomic mass is 19.2. The molecule has 0 spiro atoms. The Kier molecular flexibility index (Phi) is 8.82. The number of ether oxygens (including phenoxy) is 1. The molecule has 38 heavy (non-hydrogen) atoms. The van der Waals surface area contributed by atoms with Crippen molar-refractivity contribution in [1.82, 2.24) is 0 Å². The molecule has 5 rings (SSSR count). The molecule has 2 fully saturated rings. The van der Waals surface area contributed by atoms with Crippen molar-refractivity contribution in [3.8, 4) is 16.9 Å². The van der Waals surface area contributed by atoms with Crippen LogP contribution in [-0.4, -0.2) is 0 Å². The second kappa shape index (κ2) is 12.5. The lowest BCUT2D eigenvalue weighted by atomic mass is 9.63. The zero-order valence-electron chi connectivity index (χ0n) is 23.0. The number of benzene rings is 3. The zero-order valence-corrected chi connectivity index (χ0v) is 23.0. The molecule has 202 valence electrons. The molecule has 2 aliphatic rings. The topological polar surface area (TPSA) is 9.23 Å². The van der Waals surface area contributed by atoms with Crippen molar-refractivity contribution in [3.05, 3.63) is 89.0 Å². The first-order valence-corrected chi connectivity index (χ1v) is 14.8. The van der Waals surface area contributed by atoms with Crippen LogP contribution in [0.3, 0.4) is 0 Å². The molecule has 0 saturated heterocycles. The van der Waals surface area contributed by atoms with Gasteiger partial charge in [0.15, 0.2) is 11.6 Å². The Labute approximate surface area is 227 Å². The first kappa shape index (κ1) is 26.9. The van der Waals surface area contributed by atoms with Gasteiger partial charge in [-0.2, -0.15) is 4.39 Å². The Balaban J connectivity index is 1.16. The van der Waals surface area contributed by atoms with E-state index in [1.54, 1.807) is 6.07 Å². The van der Waals surface area contributed by atoms with Crippen LogP contribution >= 0.6 is 0 Å². The van der Waals surface area contributed by atoms with Crippen molar-refractivity contribution in [2.45, 2.75) is 90.6 Å². The summed E-state index contributed by atoms with van der Waals surface area (Å²) in [7, 11) is 0. The van der Waals surface area contributed by atoms with Crippen LogP contribution in [-0.2, 0) is 13.0 Å². The van der Waals surface area contributed by atoms with Crippen molar-refractivity contribution >= 4 is 0 Å². The molecule has 2 saturated carbocycles. The van der Waals surface area contributed by atoms with Gasteiger partial charge >= 0.3 is 0 Å². The first-order chi connectivity index (χ1) is 18.6. The van der Waals surface area contributed by atoms with Crippen LogP contribution in [0.15, 0.2) is 60.7 Å². The predicted octanol–water partition coefficient (Wildman–Crippen LogP) is 10.3. The summed E-state index contributed by atoms with van der Waals surface area (Å²) in [4.78, 5) is 0. The van der Waals surface area contributed by atoms with Gasteiger partial charge in [0.05, 0.1) is 0 Å². The maximum Gasteiger partial charge on any atom is 0.200 e. The fourth-order valence-corrected chi connectivity index (χ4v) is 7.01. The van der Waals surface area contributed by atoms with Gasteiger partial charge in [-0.15, -0.1) is 0 Å². The van der Waals surface area contributed by atoms with Gasteiger partial charge in [-0.3, -0.25) is 0 Å². The lowest BCUT2D eigenvalue weighted by molar-refractivity contribution is 0.114. The highest BCUT2D eigenvalue weighted by Gasteiger charge is 2.35. The zero-order chi connectivity index (χ0) is 26.5. The molecule has 0 heterocycles. The first-order valence-electron chi connectivity index (χ1n) is 14.8. The van der Waals surface area contributed by atoms with E-state index in [4.69, 9.17) is 4.74 Å². The second-order valence-corrected chi connectivity index (χ2v) is 11.7. The fraction of sp³-hybridized carbons (Fsp3) is 0.486. The quantitative estimate of drug-likeness (QED) is 0.275. The average Bonchev–Trinajstić information content (AvgIpc) is 2.95. The smallest absolute Gasteiger partial charge is 0.200 e. The van der Waals surface area contributed by atoms with E-state index in [0.717, 1.165) is 35.3 Å². The third kappa shape index (κ3) is 6.14. The molecule has 3 aromatic carbocycles. The summed E-state index contributed by atoms with van der Waals surface area (Å²) in [5, 5.41) is 0. The van der Waals surface area contributed by atoms with Gasteiger partial charge in [-0.1, -0.05) is 94.1 Å². The lowest BCUT2D eigenvalue weighted by Crippen LogP contribution is -2.30. The molecule has 0 aliphatic heterocycles. The normalized spacial score (nSPS) is 23.2. The summed E-state index contributed by atoms with van der Waals surface area (Å²) in [5.74, 6) is 1.85. The van der Waals surface area contributed by atoms with Gasteiger partial charge in [0.25, 0.3) is 0 Å². The van der Waals surface area contributed by atoms with Crippen molar-refractivity contribution < 1.29 is 13.5 Å². The van der Waals surface area contributed by atoms with Crippen LogP contribution in [0, 0.1) is 29.4 Å². The molecule has 0 radical (unpaired) electrons. The number of hydrogen-bond donors (Lipinski definition) is 0. The van der Waals surface area contributed by atoms with E-state index in [0.29, 0.717) is 17.9 Å². The molecule has 4 atom stereocenters. The van der Waals surface area contributed by atoms with Crippen LogP contribution in [0.25, 0.3) is 11.1 Å². The summed E-state index contributed by atoms with van der Waals surface area (Å²) in [6.45, 7) is 4.48. The Morgan fingerprint density at radius 1 is 0.711 bits per heavy atom. The van der Waals surface area contributed by atoms with Gasteiger partial charge < -0.3 is 4.74 Å². The van der Waals surface area contributed by atoms with Crippen molar-refractivity contribution in [2.24, 2.45) is 17.8 Å². The van der Waals surface area contributed by atoms with Crippen molar-refractivity contribution in [1.29, 1.82) is 0 Å². The highest BCUT2D eigenvalue weighted by Crippen LogP contribution is 2.48. The third-order valence-corrected chi connectivity index (χ3v) is 9.13. The molecule has 3 heteroatoms. The number of hydrogen-bond acceptors (Lipinski definition) is 1. The Bertz CT molecular complexity index is 1180. The van der Waals surface area contributed by atoms with E-state index in [1.807, 2.05) is 19.1 Å². The minimum absolute atomic E-state index is 0.0370. The molecule has 0 aromatic heterocycles. The summed E-state index contributed by atoms with van der Waals surface area (Å²) in [6.07, 6.45) is 12.5. The van der Waals surface area contributed by atoms with E-state index >= 15 is 0 Å². The van der Waals surface area contributed by atoms with Crippen molar-refractivity contribution in [3.63, 3.8) is 0 Å². The minimum Gasteiger partial charge on any atom is -0.486 e. The van der Waals surface area contributed by atoms with E-state index in [9.17, 15) is 8.78 Å². The van der Waals surface area contributed by atoms with Crippen LogP contribution < -0.4 is 4.74 Å². The number of rotatable bonds is 9. The SMILES string of the molecule is CCCc1ccc(OCc2ccc(-c3ccc(C4CCC5CC(CCC)CCC5C4)cc3)cc2)c(F)c1F. The summed E-state index contributed by atoms with van der Waals surface area (Å²) >= 11 is 0. The van der Waals surface area contributed by atoms with Gasteiger partial charge in [0.2, 0.25) is 5.82 Å². The molecular weight excluding hydrogens is 474 g/mol. The standard InChI is InChI=1S/C35H42F2O/c1-3-5-24-7-12-32-22-31(18-17-30(32)21-24)28-15-13-27(14-16-28)26-10-8-25(9-11-26)23-38-33-20-19-29(6-4-2)34(36)35(33)37/h8-11,13-16,19-20,24,30-32H,3-7,12,17-18,21-23H2,1-2H3. The lowest BCUT2D eigenvalue weighted by Gasteiger charge is -2.42. The van der Waals surface area contributed by atoms with Gasteiger partial charge in [0.1, 0.15) is 6.61 Å². The molecule has 0 amide bonds. The maximum atomic E-state index is 14.4. The molecule has 1 nitrogen and oxygen atoms in total. The monoisotopic (exact) mass is 516 g/mol. The highest BCUT2D eigenvalue weighted by molar-refractivity contribution is 5.64. The van der Waals surface area contributed by atoms with Crippen LogP contribution in [0.5, 0.6) is 5.75 Å². The van der Waals surface area contributed by atoms with Gasteiger partial charge in [0, 0.05) is 0 Å². The molecular formula is C35H42F2O. The number of fused-ring (bicyclic) bond motifs is 1. The van der Waals surface area contributed by atoms with Crippen LogP contribution in [0.4, 0.5) is 8.78 Å². The summed E-state index contributed by atoms with van der Waals surface area (Å²) in [6, 6.07) is 20.5.